The van der Waals surface area contributed by atoms with Crippen molar-refractivity contribution in [3.8, 4) is 22.6 Å². The summed E-state index contributed by atoms with van der Waals surface area (Å²) >= 11 is 0. The summed E-state index contributed by atoms with van der Waals surface area (Å²) in [5.74, 6) is -0.660. The first-order chi connectivity index (χ1) is 13.7. The van der Waals surface area contributed by atoms with E-state index < -0.39 is 5.79 Å². The second-order valence-electron chi connectivity index (χ2n) is 7.29. The quantitative estimate of drug-likeness (QED) is 0.687. The van der Waals surface area contributed by atoms with Crippen molar-refractivity contribution in [2.24, 2.45) is 0 Å². The molecule has 144 valence electrons. The molecule has 1 saturated carbocycles. The summed E-state index contributed by atoms with van der Waals surface area (Å²) in [5.41, 5.74) is 3.40. The fourth-order valence-electron chi connectivity index (χ4n) is 4.25. The fraction of sp³-hybridized carbons (Fsp3) is 0.381. The standard InChI is InChI=1S/C21H21FN4O2/c22-16-3-1-15(2-4-16)19-20(18-7-10-23-13-24-18)26(14-25-19)17-5-8-21(9-6-17)27-11-12-28-21/h1-4,7,10,13-14,17H,5-6,8-9,11-12H2. The Hall–Kier alpha value is -2.64. The molecule has 1 saturated heterocycles. The van der Waals surface area contributed by atoms with Crippen molar-refractivity contribution >= 4 is 0 Å². The Bertz CT molecular complexity index is 942. The lowest BCUT2D eigenvalue weighted by molar-refractivity contribution is -0.181. The second-order valence-corrected chi connectivity index (χ2v) is 7.29. The lowest BCUT2D eigenvalue weighted by atomic mass is 9.89. The van der Waals surface area contributed by atoms with Gasteiger partial charge in [-0.15, -0.1) is 0 Å². The van der Waals surface area contributed by atoms with Crippen molar-refractivity contribution in [2.75, 3.05) is 13.2 Å². The van der Waals surface area contributed by atoms with Crippen molar-refractivity contribution in [3.05, 3.63) is 55.0 Å². The van der Waals surface area contributed by atoms with E-state index in [0.29, 0.717) is 13.2 Å². The van der Waals surface area contributed by atoms with Crippen LogP contribution in [0.2, 0.25) is 0 Å². The van der Waals surface area contributed by atoms with Crippen LogP contribution >= 0.6 is 0 Å². The summed E-state index contributed by atoms with van der Waals surface area (Å²) < 4.78 is 27.3. The van der Waals surface area contributed by atoms with Gasteiger partial charge in [-0.3, -0.25) is 0 Å². The van der Waals surface area contributed by atoms with Gasteiger partial charge in [0.2, 0.25) is 0 Å². The number of ether oxygens (including phenoxy) is 2. The Labute approximate surface area is 162 Å². The largest absolute Gasteiger partial charge is 0.348 e. The zero-order valence-electron chi connectivity index (χ0n) is 15.4. The maximum atomic E-state index is 13.4. The maximum Gasteiger partial charge on any atom is 0.168 e. The van der Waals surface area contributed by atoms with E-state index in [1.165, 1.54) is 18.5 Å². The monoisotopic (exact) mass is 380 g/mol. The Morgan fingerprint density at radius 2 is 1.75 bits per heavy atom. The molecule has 1 spiro atoms. The highest BCUT2D eigenvalue weighted by atomic mass is 19.1. The number of halogens is 1. The Kier molecular flexibility index (Phi) is 4.41. The van der Waals surface area contributed by atoms with Gasteiger partial charge in [-0.25, -0.2) is 19.3 Å². The minimum atomic E-state index is -0.397. The average Bonchev–Trinajstić information content (AvgIpc) is 3.38. The van der Waals surface area contributed by atoms with Crippen LogP contribution in [-0.4, -0.2) is 38.5 Å². The number of benzene rings is 1. The number of rotatable bonds is 3. The smallest absolute Gasteiger partial charge is 0.168 e. The van der Waals surface area contributed by atoms with Crippen LogP contribution in [-0.2, 0) is 9.47 Å². The highest BCUT2D eigenvalue weighted by Crippen LogP contribution is 2.42. The number of imidazole rings is 1. The number of hydrogen-bond acceptors (Lipinski definition) is 5. The molecule has 2 aromatic heterocycles. The lowest BCUT2D eigenvalue weighted by Crippen LogP contribution is -2.35. The van der Waals surface area contributed by atoms with Crippen LogP contribution in [0.25, 0.3) is 22.6 Å². The van der Waals surface area contributed by atoms with Gasteiger partial charge in [0.15, 0.2) is 5.79 Å². The van der Waals surface area contributed by atoms with Crippen molar-refractivity contribution in [1.29, 1.82) is 0 Å². The number of hydrogen-bond donors (Lipinski definition) is 0. The molecule has 28 heavy (non-hydrogen) atoms. The molecule has 1 aromatic carbocycles. The van der Waals surface area contributed by atoms with Crippen LogP contribution < -0.4 is 0 Å². The third-order valence-corrected chi connectivity index (χ3v) is 5.66. The third kappa shape index (κ3) is 3.10. The molecule has 1 aliphatic carbocycles. The van der Waals surface area contributed by atoms with Crippen LogP contribution in [0.15, 0.2) is 49.2 Å². The predicted octanol–water partition coefficient (Wildman–Crippen LogP) is 4.00. The molecule has 0 amide bonds. The van der Waals surface area contributed by atoms with Crippen molar-refractivity contribution in [2.45, 2.75) is 37.5 Å². The first-order valence-corrected chi connectivity index (χ1v) is 9.61. The molecular weight excluding hydrogens is 359 g/mol. The zero-order chi connectivity index (χ0) is 19.0. The van der Waals surface area contributed by atoms with E-state index in [1.54, 1.807) is 18.3 Å². The molecule has 0 N–H and O–H groups in total. The Morgan fingerprint density at radius 1 is 1.00 bits per heavy atom. The zero-order valence-corrected chi connectivity index (χ0v) is 15.4. The Morgan fingerprint density at radius 3 is 2.43 bits per heavy atom. The van der Waals surface area contributed by atoms with Gasteiger partial charge in [0.25, 0.3) is 0 Å². The van der Waals surface area contributed by atoms with E-state index in [1.807, 2.05) is 12.4 Å². The first kappa shape index (κ1) is 17.5. The van der Waals surface area contributed by atoms with Crippen molar-refractivity contribution in [1.82, 2.24) is 19.5 Å². The van der Waals surface area contributed by atoms with Crippen LogP contribution in [0.1, 0.15) is 31.7 Å². The molecule has 3 aromatic rings. The molecule has 3 heterocycles. The van der Waals surface area contributed by atoms with E-state index in [0.717, 1.165) is 48.3 Å². The van der Waals surface area contributed by atoms with Gasteiger partial charge in [-0.2, -0.15) is 0 Å². The third-order valence-electron chi connectivity index (χ3n) is 5.66. The second kappa shape index (κ2) is 7.07. The van der Waals surface area contributed by atoms with Crippen LogP contribution in [0.4, 0.5) is 4.39 Å². The van der Waals surface area contributed by atoms with Gasteiger partial charge in [0.05, 0.1) is 36.6 Å². The highest BCUT2D eigenvalue weighted by molar-refractivity contribution is 5.76. The highest BCUT2D eigenvalue weighted by Gasteiger charge is 2.41. The molecular formula is C21H21FN4O2. The van der Waals surface area contributed by atoms with Gasteiger partial charge >= 0.3 is 0 Å². The molecule has 0 radical (unpaired) electrons. The molecule has 7 heteroatoms. The van der Waals surface area contributed by atoms with E-state index in [-0.39, 0.29) is 11.9 Å². The molecule has 0 bridgehead atoms. The SMILES string of the molecule is Fc1ccc(-c2ncn(C3CCC4(CC3)OCCO4)c2-c2ccncn2)cc1. The molecule has 2 fully saturated rings. The summed E-state index contributed by atoms with van der Waals surface area (Å²) in [6, 6.07) is 8.58. The lowest BCUT2D eigenvalue weighted by Gasteiger charge is -2.36. The van der Waals surface area contributed by atoms with Gasteiger partial charge in [0.1, 0.15) is 12.1 Å². The van der Waals surface area contributed by atoms with E-state index >= 15 is 0 Å². The summed E-state index contributed by atoms with van der Waals surface area (Å²) in [5, 5.41) is 0. The first-order valence-electron chi connectivity index (χ1n) is 9.61. The Balaban J connectivity index is 1.52. The molecule has 0 unspecified atom stereocenters. The van der Waals surface area contributed by atoms with E-state index in [4.69, 9.17) is 9.47 Å². The molecule has 6 nitrogen and oxygen atoms in total. The van der Waals surface area contributed by atoms with Crippen molar-refractivity contribution < 1.29 is 13.9 Å². The molecule has 0 atom stereocenters. The van der Waals surface area contributed by atoms with Gasteiger partial charge < -0.3 is 14.0 Å². The topological polar surface area (TPSA) is 62.1 Å². The van der Waals surface area contributed by atoms with E-state index in [9.17, 15) is 4.39 Å². The summed E-state index contributed by atoms with van der Waals surface area (Å²) in [6.07, 6.45) is 8.75. The summed E-state index contributed by atoms with van der Waals surface area (Å²) in [6.45, 7) is 1.35. The minimum Gasteiger partial charge on any atom is -0.348 e. The normalized spacial score (nSPS) is 19.3. The molecule has 2 aliphatic rings. The minimum absolute atomic E-state index is 0.263. The van der Waals surface area contributed by atoms with Crippen LogP contribution in [0, 0.1) is 5.82 Å². The van der Waals surface area contributed by atoms with Gasteiger partial charge in [-0.05, 0) is 43.2 Å². The van der Waals surface area contributed by atoms with Crippen LogP contribution in [0.3, 0.4) is 0 Å². The van der Waals surface area contributed by atoms with Gasteiger partial charge in [0, 0.05) is 30.6 Å². The molecule has 1 aliphatic heterocycles. The van der Waals surface area contributed by atoms with Crippen molar-refractivity contribution in [3.63, 3.8) is 0 Å². The van der Waals surface area contributed by atoms with Crippen LogP contribution in [0.5, 0.6) is 0 Å². The number of nitrogens with zero attached hydrogens (tertiary/aromatic N) is 4. The maximum absolute atomic E-state index is 13.4. The predicted molar refractivity (Wildman–Crippen MR) is 101 cm³/mol. The average molecular weight is 380 g/mol. The summed E-state index contributed by atoms with van der Waals surface area (Å²) in [4.78, 5) is 13.2. The molecule has 5 rings (SSSR count). The number of aromatic nitrogens is 4. The van der Waals surface area contributed by atoms with Gasteiger partial charge in [-0.1, -0.05) is 0 Å². The fourth-order valence-corrected chi connectivity index (χ4v) is 4.25. The summed E-state index contributed by atoms with van der Waals surface area (Å²) in [7, 11) is 0. The van der Waals surface area contributed by atoms with E-state index in [2.05, 4.69) is 19.5 Å².